The highest BCUT2D eigenvalue weighted by molar-refractivity contribution is 7.90. The van der Waals surface area contributed by atoms with Crippen molar-refractivity contribution in [2.45, 2.75) is 4.90 Å². The van der Waals surface area contributed by atoms with Crippen molar-refractivity contribution in [3.8, 4) is 5.75 Å². The van der Waals surface area contributed by atoms with Crippen molar-refractivity contribution in [1.82, 2.24) is 4.72 Å². The summed E-state index contributed by atoms with van der Waals surface area (Å²) in [6.45, 7) is 0. The number of nitrogens with two attached hydrogens (primary N) is 1. The van der Waals surface area contributed by atoms with E-state index in [9.17, 15) is 18.0 Å². The number of hydrogen-bond acceptors (Lipinski definition) is 5. The second-order valence-electron chi connectivity index (χ2n) is 5.08. The van der Waals surface area contributed by atoms with Crippen LogP contribution < -0.4 is 15.2 Å². The molecule has 3 N–H and O–H groups in total. The van der Waals surface area contributed by atoms with Crippen LogP contribution in [-0.2, 0) is 14.8 Å². The molecule has 9 heteroatoms. The highest BCUT2D eigenvalue weighted by Crippen LogP contribution is 2.23. The first kappa shape index (κ1) is 19.5. The van der Waals surface area contributed by atoms with E-state index >= 15 is 0 Å². The summed E-state index contributed by atoms with van der Waals surface area (Å²) < 4.78 is 31.4. The van der Waals surface area contributed by atoms with Gasteiger partial charge in [-0.1, -0.05) is 11.6 Å². The molecule has 2 amide bonds. The first-order chi connectivity index (χ1) is 12.2. The molecule has 0 radical (unpaired) electrons. The molecule has 26 heavy (non-hydrogen) atoms. The number of halogens is 1. The maximum Gasteiger partial charge on any atom is 0.264 e. The van der Waals surface area contributed by atoms with Crippen molar-refractivity contribution < 1.29 is 22.7 Å². The molecule has 0 aliphatic carbocycles. The summed E-state index contributed by atoms with van der Waals surface area (Å²) in [4.78, 5) is 22.8. The Labute approximate surface area is 155 Å². The highest BCUT2D eigenvalue weighted by Gasteiger charge is 2.16. The monoisotopic (exact) mass is 394 g/mol. The second-order valence-corrected chi connectivity index (χ2v) is 7.20. The standard InChI is InChI=1S/C17H15ClN2O5S/c1-25-15-8-5-13(18)10-12(15)4-9-16(21)20-26(23,24)14-6-2-11(3-7-14)17(19)22/h2-10H,1H3,(H2,19,22)(H,20,21). The van der Waals surface area contributed by atoms with Crippen LogP contribution >= 0.6 is 11.6 Å². The van der Waals surface area contributed by atoms with Gasteiger partial charge in [-0.15, -0.1) is 0 Å². The number of carbonyl (C=O) groups is 2. The zero-order valence-corrected chi connectivity index (χ0v) is 15.2. The topological polar surface area (TPSA) is 116 Å². The highest BCUT2D eigenvalue weighted by atomic mass is 35.5. The number of carbonyl (C=O) groups excluding carboxylic acids is 2. The number of nitrogens with one attached hydrogen (secondary N) is 1. The van der Waals surface area contributed by atoms with Gasteiger partial charge < -0.3 is 10.5 Å². The Balaban J connectivity index is 2.16. The minimum atomic E-state index is -4.09. The van der Waals surface area contributed by atoms with Crippen LogP contribution in [0.15, 0.2) is 53.4 Å². The molecule has 2 aromatic rings. The summed E-state index contributed by atoms with van der Waals surface area (Å²) in [5, 5.41) is 0.438. The third kappa shape index (κ3) is 4.84. The molecule has 0 unspecified atom stereocenters. The van der Waals surface area contributed by atoms with Gasteiger partial charge in [-0.25, -0.2) is 13.1 Å². The van der Waals surface area contributed by atoms with Crippen LogP contribution in [0.1, 0.15) is 15.9 Å². The van der Waals surface area contributed by atoms with Gasteiger partial charge in [0.2, 0.25) is 5.91 Å². The van der Waals surface area contributed by atoms with Gasteiger partial charge in [0.25, 0.3) is 15.9 Å². The Morgan fingerprint density at radius 1 is 1.15 bits per heavy atom. The van der Waals surface area contributed by atoms with Crippen LogP contribution in [0.4, 0.5) is 0 Å². The molecule has 0 aliphatic rings. The summed E-state index contributed by atoms with van der Waals surface area (Å²) in [6, 6.07) is 9.69. The second kappa shape index (κ2) is 8.03. The molecule has 7 nitrogen and oxygen atoms in total. The number of amides is 2. The molecule has 0 aliphatic heterocycles. The van der Waals surface area contributed by atoms with E-state index in [-0.39, 0.29) is 10.5 Å². The Hall–Kier alpha value is -2.84. The minimum absolute atomic E-state index is 0.156. The van der Waals surface area contributed by atoms with Crippen LogP contribution in [-0.4, -0.2) is 27.3 Å². The van der Waals surface area contributed by atoms with Crippen molar-refractivity contribution in [3.05, 3.63) is 64.7 Å². The van der Waals surface area contributed by atoms with E-state index in [1.165, 1.54) is 37.5 Å². The smallest absolute Gasteiger partial charge is 0.264 e. The van der Waals surface area contributed by atoms with Gasteiger partial charge in [0, 0.05) is 22.2 Å². The third-order valence-electron chi connectivity index (χ3n) is 3.29. The normalized spacial score (nSPS) is 11.3. The van der Waals surface area contributed by atoms with Crippen LogP contribution in [0, 0.1) is 0 Å². The number of sulfonamides is 1. The predicted octanol–water partition coefficient (Wildman–Crippen LogP) is 1.97. The number of hydrogen-bond donors (Lipinski definition) is 2. The minimum Gasteiger partial charge on any atom is -0.496 e. The van der Waals surface area contributed by atoms with Crippen LogP contribution in [0.2, 0.25) is 5.02 Å². The molecule has 0 heterocycles. The fourth-order valence-electron chi connectivity index (χ4n) is 2.02. The molecule has 0 saturated carbocycles. The lowest BCUT2D eigenvalue weighted by Gasteiger charge is -2.06. The third-order valence-corrected chi connectivity index (χ3v) is 4.89. The van der Waals surface area contributed by atoms with Crippen LogP contribution in [0.25, 0.3) is 6.08 Å². The lowest BCUT2D eigenvalue weighted by molar-refractivity contribution is -0.114. The average Bonchev–Trinajstić information content (AvgIpc) is 2.59. The first-order valence-corrected chi connectivity index (χ1v) is 9.07. The maximum absolute atomic E-state index is 12.2. The van der Waals surface area contributed by atoms with Gasteiger partial charge in [0.1, 0.15) is 5.75 Å². The van der Waals surface area contributed by atoms with Crippen molar-refractivity contribution in [3.63, 3.8) is 0 Å². The van der Waals surface area contributed by atoms with Gasteiger partial charge in [-0.3, -0.25) is 9.59 Å². The van der Waals surface area contributed by atoms with E-state index in [1.54, 1.807) is 18.2 Å². The molecule has 0 bridgehead atoms. The fourth-order valence-corrected chi connectivity index (χ4v) is 3.15. The summed E-state index contributed by atoms with van der Waals surface area (Å²) in [6.07, 6.45) is 2.43. The maximum atomic E-state index is 12.2. The van der Waals surface area contributed by atoms with Crippen LogP contribution in [0.3, 0.4) is 0 Å². The molecule has 0 atom stereocenters. The molecular formula is C17H15ClN2O5S. The van der Waals surface area contributed by atoms with Crippen molar-refractivity contribution in [2.24, 2.45) is 5.73 Å². The summed E-state index contributed by atoms with van der Waals surface area (Å²) in [7, 11) is -2.63. The van der Waals surface area contributed by atoms with Gasteiger partial charge in [0.15, 0.2) is 0 Å². The SMILES string of the molecule is COc1ccc(Cl)cc1C=CC(=O)NS(=O)(=O)c1ccc(C(N)=O)cc1. The Morgan fingerprint density at radius 3 is 2.38 bits per heavy atom. The summed E-state index contributed by atoms with van der Waals surface area (Å²) in [5.41, 5.74) is 5.76. The van der Waals surface area contributed by atoms with E-state index in [0.717, 1.165) is 6.08 Å². The van der Waals surface area contributed by atoms with Gasteiger partial charge >= 0.3 is 0 Å². The quantitative estimate of drug-likeness (QED) is 0.726. The zero-order valence-electron chi connectivity index (χ0n) is 13.6. The molecule has 2 aromatic carbocycles. The molecule has 0 fully saturated rings. The lowest BCUT2D eigenvalue weighted by atomic mass is 10.2. The number of rotatable bonds is 6. The van der Waals surface area contributed by atoms with E-state index in [0.29, 0.717) is 16.3 Å². The molecular weight excluding hydrogens is 380 g/mol. The number of primary amides is 1. The van der Waals surface area contributed by atoms with Gasteiger partial charge in [0.05, 0.1) is 12.0 Å². The Morgan fingerprint density at radius 2 is 1.81 bits per heavy atom. The molecule has 0 spiro atoms. The molecule has 0 aromatic heterocycles. The average molecular weight is 395 g/mol. The molecule has 2 rings (SSSR count). The Kier molecular flexibility index (Phi) is 6.01. The molecule has 136 valence electrons. The van der Waals surface area contributed by atoms with E-state index < -0.39 is 21.8 Å². The van der Waals surface area contributed by atoms with Crippen molar-refractivity contribution in [2.75, 3.05) is 7.11 Å². The largest absolute Gasteiger partial charge is 0.496 e. The van der Waals surface area contributed by atoms with Gasteiger partial charge in [-0.05, 0) is 48.5 Å². The van der Waals surface area contributed by atoms with Crippen molar-refractivity contribution in [1.29, 1.82) is 0 Å². The van der Waals surface area contributed by atoms with Gasteiger partial charge in [-0.2, -0.15) is 0 Å². The van der Waals surface area contributed by atoms with E-state index in [1.807, 2.05) is 4.72 Å². The number of ether oxygens (including phenoxy) is 1. The zero-order chi connectivity index (χ0) is 19.3. The fraction of sp³-hybridized carbons (Fsp3) is 0.0588. The van der Waals surface area contributed by atoms with Crippen LogP contribution in [0.5, 0.6) is 5.75 Å². The lowest BCUT2D eigenvalue weighted by Crippen LogP contribution is -2.29. The Bertz CT molecular complexity index is 969. The number of methoxy groups -OCH3 is 1. The summed E-state index contributed by atoms with van der Waals surface area (Å²) in [5.74, 6) is -1.06. The first-order valence-electron chi connectivity index (χ1n) is 7.21. The van der Waals surface area contributed by atoms with Crippen molar-refractivity contribution >= 4 is 39.5 Å². The predicted molar refractivity (Wildman–Crippen MR) is 97.3 cm³/mol. The van der Waals surface area contributed by atoms with E-state index in [4.69, 9.17) is 22.1 Å². The summed E-state index contributed by atoms with van der Waals surface area (Å²) >= 11 is 5.89. The van der Waals surface area contributed by atoms with E-state index in [2.05, 4.69) is 0 Å². The molecule has 0 saturated heterocycles. The number of benzene rings is 2.